The van der Waals surface area contributed by atoms with Crippen molar-refractivity contribution in [2.24, 2.45) is 39.6 Å². The minimum atomic E-state index is -0.403. The Labute approximate surface area is 384 Å². The third-order valence-corrected chi connectivity index (χ3v) is 16.3. The second-order valence-electron chi connectivity index (χ2n) is 20.7. The van der Waals surface area contributed by atoms with Crippen LogP contribution >= 0.6 is 0 Å². The summed E-state index contributed by atoms with van der Waals surface area (Å²) >= 11 is 0. The fraction of sp³-hybridized carbons (Fsp3) is 0.527. The molecule has 2 amide bonds. The van der Waals surface area contributed by atoms with Crippen LogP contribution in [0, 0.1) is 29.6 Å². The first-order valence-corrected chi connectivity index (χ1v) is 24.4. The number of aliphatic imine (C=N–C) groups is 2. The van der Waals surface area contributed by atoms with E-state index in [9.17, 15) is 19.2 Å². The van der Waals surface area contributed by atoms with E-state index in [-0.39, 0.29) is 66.6 Å². The van der Waals surface area contributed by atoms with Crippen molar-refractivity contribution in [2.75, 3.05) is 20.8 Å². The Hall–Kier alpha value is -5.38. The number of amides is 2. The maximum Gasteiger partial charge on any atom is 0.306 e. The third kappa shape index (κ3) is 7.96. The second kappa shape index (κ2) is 17.4. The van der Waals surface area contributed by atoms with Crippen LogP contribution < -0.4 is 0 Å². The summed E-state index contributed by atoms with van der Waals surface area (Å²) < 4.78 is 9.92. The Kier molecular flexibility index (Phi) is 11.7. The first kappa shape index (κ1) is 43.5. The molecular formula is C55H64N4O6. The lowest BCUT2D eigenvalue weighted by molar-refractivity contribution is -0.148. The van der Waals surface area contributed by atoms with Gasteiger partial charge in [0.15, 0.2) is 0 Å². The van der Waals surface area contributed by atoms with Gasteiger partial charge in [-0.3, -0.25) is 29.2 Å². The Balaban J connectivity index is 0.855. The van der Waals surface area contributed by atoms with Crippen molar-refractivity contribution < 1.29 is 28.7 Å². The highest BCUT2D eigenvalue weighted by molar-refractivity contribution is 6.04. The van der Waals surface area contributed by atoms with Gasteiger partial charge in [0.05, 0.1) is 56.7 Å². The molecule has 4 aliphatic carbocycles. The normalized spacial score (nSPS) is 25.8. The highest BCUT2D eigenvalue weighted by Gasteiger charge is 2.56. The number of likely N-dealkylation sites (tertiary alicyclic amines) is 2. The van der Waals surface area contributed by atoms with E-state index in [1.807, 2.05) is 38.8 Å². The lowest BCUT2D eigenvalue weighted by Gasteiger charge is -2.41. The van der Waals surface area contributed by atoms with Gasteiger partial charge in [0.25, 0.3) is 0 Å². The lowest BCUT2D eigenvalue weighted by Crippen LogP contribution is -2.47. The second-order valence-corrected chi connectivity index (χ2v) is 20.7. The number of benzene rings is 3. The molecule has 10 heteroatoms. The van der Waals surface area contributed by atoms with Crippen LogP contribution in [0.4, 0.5) is 5.69 Å². The third-order valence-electron chi connectivity index (χ3n) is 16.3. The molecule has 11 rings (SSSR count). The van der Waals surface area contributed by atoms with Crippen LogP contribution in [0.3, 0.4) is 0 Å². The molecule has 3 aromatic carbocycles. The van der Waals surface area contributed by atoms with E-state index in [4.69, 9.17) is 19.5 Å². The zero-order valence-corrected chi connectivity index (χ0v) is 39.0. The number of carbonyl (C=O) groups excluding carboxylic acids is 4. The van der Waals surface area contributed by atoms with Crippen molar-refractivity contribution in [3.63, 3.8) is 0 Å². The molecule has 2 saturated carbocycles. The van der Waals surface area contributed by atoms with Gasteiger partial charge in [0.2, 0.25) is 11.8 Å². The van der Waals surface area contributed by atoms with Crippen molar-refractivity contribution >= 4 is 46.4 Å². The summed E-state index contributed by atoms with van der Waals surface area (Å²) in [6.07, 6.45) is 12.4. The molecular weight excluding hydrogens is 813 g/mol. The monoisotopic (exact) mass is 876 g/mol. The maximum atomic E-state index is 14.1. The Morgan fingerprint density at radius 2 is 1.28 bits per heavy atom. The van der Waals surface area contributed by atoms with Crippen LogP contribution in [0.2, 0.25) is 0 Å². The van der Waals surface area contributed by atoms with E-state index in [0.717, 1.165) is 54.8 Å². The van der Waals surface area contributed by atoms with E-state index in [2.05, 4.69) is 59.5 Å². The highest BCUT2D eigenvalue weighted by Crippen LogP contribution is 2.56. The fourth-order valence-electron chi connectivity index (χ4n) is 12.6. The van der Waals surface area contributed by atoms with Crippen LogP contribution in [-0.2, 0) is 35.1 Å². The van der Waals surface area contributed by atoms with Gasteiger partial charge in [0.1, 0.15) is 0 Å². The van der Waals surface area contributed by atoms with E-state index < -0.39 is 11.8 Å². The van der Waals surface area contributed by atoms with E-state index in [1.165, 1.54) is 84.4 Å². The van der Waals surface area contributed by atoms with Crippen molar-refractivity contribution in [3.8, 4) is 22.3 Å². The van der Waals surface area contributed by atoms with Crippen LogP contribution in [0.1, 0.15) is 132 Å². The minimum absolute atomic E-state index is 0.0221. The molecule has 10 nitrogen and oxygen atoms in total. The molecule has 8 aliphatic rings. The first-order chi connectivity index (χ1) is 31.4. The first-order valence-electron chi connectivity index (χ1n) is 24.4. The van der Waals surface area contributed by atoms with E-state index >= 15 is 0 Å². The molecule has 0 N–H and O–H groups in total. The number of nitrogens with zero attached hydrogens (tertiary/aromatic N) is 4. The predicted octanol–water partition coefficient (Wildman–Crippen LogP) is 10.2. The van der Waals surface area contributed by atoms with Gasteiger partial charge >= 0.3 is 11.9 Å². The molecule has 340 valence electrons. The van der Waals surface area contributed by atoms with E-state index in [0.29, 0.717) is 30.7 Å². The highest BCUT2D eigenvalue weighted by atomic mass is 16.5. The SMILES string of the molecule is COC(=O)C[C@H](C(=O)N1CCC[C@H]1C1=NC=C(c2ccc(-c3ccc(-c4ccc5c(c4)CC([C@@H]4CC6CC6N4C(=O)[C@@H](CC(=O)OC)C(C)C)=N5)c4c3C3CCC4CC3)cc2)C1)C(C)C. The standard InChI is InChI=1S/C55H64N4O6/c1-30(2)42(27-50(60)64-5)54(62)58-21-7-8-47(58)45-24-39(29-56-45)32-9-11-33(12-10-32)40-18-19-41(53-35-15-13-34(14-16-35)52(40)53)36-17-20-44-37(22-36)23-46(57-44)49-26-38-25-48(38)59(49)55(63)43(31(3)4)28-51(61)65-6/h9-12,17-20,22,29-31,34-35,38,42-43,47-49H,7-8,13-16,21,23-28H2,1-6H3/t34?,35?,38?,42-,43-,47-,48?,49-/m0/s1. The van der Waals surface area contributed by atoms with Crippen LogP contribution in [-0.4, -0.2) is 83.9 Å². The number of allylic oxidation sites excluding steroid dienone is 1. The number of rotatable bonds is 13. The molecule has 2 saturated heterocycles. The average Bonchev–Trinajstić information content (AvgIpc) is 3.83. The summed E-state index contributed by atoms with van der Waals surface area (Å²) in [5, 5.41) is 0. The smallest absolute Gasteiger partial charge is 0.306 e. The number of fused-ring (bicyclic) bond motifs is 4. The molecule has 2 unspecified atom stereocenters. The number of carbonyl (C=O) groups is 4. The van der Waals surface area contributed by atoms with Gasteiger partial charge in [-0.25, -0.2) is 0 Å². The number of piperidine rings is 1. The molecule has 4 heterocycles. The lowest BCUT2D eigenvalue weighted by atomic mass is 9.63. The summed E-state index contributed by atoms with van der Waals surface area (Å²) in [6, 6.07) is 20.8. The molecule has 3 aromatic rings. The predicted molar refractivity (Wildman–Crippen MR) is 254 cm³/mol. The summed E-state index contributed by atoms with van der Waals surface area (Å²) in [5.74, 6) is 0.316. The molecule has 4 fully saturated rings. The molecule has 6 atom stereocenters. The Bertz CT molecular complexity index is 2510. The average molecular weight is 877 g/mol. The molecule has 0 aromatic heterocycles. The molecule has 0 spiro atoms. The number of ether oxygens (including phenoxy) is 2. The zero-order chi connectivity index (χ0) is 45.3. The molecule has 4 aliphatic heterocycles. The van der Waals surface area contributed by atoms with Crippen molar-refractivity contribution in [1.29, 1.82) is 0 Å². The van der Waals surface area contributed by atoms with Crippen LogP contribution in [0.5, 0.6) is 0 Å². The minimum Gasteiger partial charge on any atom is -0.469 e. The van der Waals surface area contributed by atoms with Crippen molar-refractivity contribution in [2.45, 2.75) is 135 Å². The Morgan fingerprint density at radius 1 is 0.677 bits per heavy atom. The van der Waals surface area contributed by atoms with Gasteiger partial charge in [-0.05, 0) is 143 Å². The van der Waals surface area contributed by atoms with Gasteiger partial charge in [0, 0.05) is 43.1 Å². The van der Waals surface area contributed by atoms with Crippen LogP contribution in [0.15, 0.2) is 70.8 Å². The number of hydrogen-bond acceptors (Lipinski definition) is 8. The van der Waals surface area contributed by atoms with Crippen molar-refractivity contribution in [1.82, 2.24) is 9.80 Å². The van der Waals surface area contributed by atoms with Gasteiger partial charge in [-0.2, -0.15) is 0 Å². The maximum absolute atomic E-state index is 14.1. The summed E-state index contributed by atoms with van der Waals surface area (Å²) in [4.78, 5) is 66.6. The number of esters is 2. The fourth-order valence-corrected chi connectivity index (χ4v) is 12.6. The summed E-state index contributed by atoms with van der Waals surface area (Å²) in [7, 11) is 2.77. The number of methoxy groups -OCH3 is 2. The molecule has 2 bridgehead atoms. The topological polar surface area (TPSA) is 118 Å². The quantitative estimate of drug-likeness (QED) is 0.158. The van der Waals surface area contributed by atoms with Gasteiger partial charge in [-0.15, -0.1) is 0 Å². The molecule has 0 radical (unpaired) electrons. The van der Waals surface area contributed by atoms with E-state index in [1.54, 1.807) is 0 Å². The van der Waals surface area contributed by atoms with Crippen LogP contribution in [0.25, 0.3) is 27.8 Å². The van der Waals surface area contributed by atoms with Gasteiger partial charge < -0.3 is 19.3 Å². The zero-order valence-electron chi connectivity index (χ0n) is 39.0. The molecule has 65 heavy (non-hydrogen) atoms. The largest absolute Gasteiger partial charge is 0.469 e. The van der Waals surface area contributed by atoms with Gasteiger partial charge in [-0.1, -0.05) is 70.2 Å². The summed E-state index contributed by atoms with van der Waals surface area (Å²) in [5.41, 5.74) is 14.9. The summed E-state index contributed by atoms with van der Waals surface area (Å²) in [6.45, 7) is 8.74. The number of hydrogen-bond donors (Lipinski definition) is 0. The van der Waals surface area contributed by atoms with Crippen molar-refractivity contribution in [3.05, 3.63) is 83.1 Å². The Morgan fingerprint density at radius 3 is 1.91 bits per heavy atom.